The zero-order valence-corrected chi connectivity index (χ0v) is 23.4. The first-order chi connectivity index (χ1) is 15.9. The van der Waals surface area contributed by atoms with Gasteiger partial charge < -0.3 is 14.2 Å². The molecule has 0 amide bonds. The predicted molar refractivity (Wildman–Crippen MR) is 149 cm³/mol. The van der Waals surface area contributed by atoms with Gasteiger partial charge in [-0.1, -0.05) is 28.1 Å². The lowest BCUT2D eigenvalue weighted by Crippen LogP contribution is -2.05. The SMILES string of the molecule is CCOc1cc(/C=C2\N=C(c3ccc(Br)cc3)OC2=O)cc(I)c1OCc1ccc(I)cc1. The fourth-order valence-corrected chi connectivity index (χ4v) is 4.50. The molecule has 4 rings (SSSR count). The number of cyclic esters (lactones) is 1. The van der Waals surface area contributed by atoms with Gasteiger partial charge in [-0.15, -0.1) is 0 Å². The molecular weight excluding hydrogens is 712 g/mol. The molecule has 1 aliphatic rings. The molecule has 0 saturated carbocycles. The minimum atomic E-state index is -0.486. The second kappa shape index (κ2) is 11.0. The number of benzene rings is 3. The molecule has 0 radical (unpaired) electrons. The molecule has 0 N–H and O–H groups in total. The first kappa shape index (κ1) is 24.2. The molecule has 3 aromatic rings. The van der Waals surface area contributed by atoms with Gasteiger partial charge in [0.05, 0.1) is 10.2 Å². The van der Waals surface area contributed by atoms with Crippen molar-refractivity contribution in [2.75, 3.05) is 6.61 Å². The van der Waals surface area contributed by atoms with Crippen molar-refractivity contribution in [2.45, 2.75) is 13.5 Å². The van der Waals surface area contributed by atoms with E-state index in [1.54, 1.807) is 6.08 Å². The van der Waals surface area contributed by atoms with Gasteiger partial charge in [-0.05, 0) is 118 Å². The number of esters is 1. The lowest BCUT2D eigenvalue weighted by atomic mass is 10.1. The third-order valence-electron chi connectivity index (χ3n) is 4.64. The molecule has 0 saturated heterocycles. The van der Waals surface area contributed by atoms with E-state index in [1.165, 1.54) is 3.57 Å². The van der Waals surface area contributed by atoms with E-state index < -0.39 is 5.97 Å². The number of aliphatic imine (C=N–C) groups is 1. The minimum absolute atomic E-state index is 0.235. The highest BCUT2D eigenvalue weighted by Gasteiger charge is 2.24. The number of halogens is 3. The van der Waals surface area contributed by atoms with Crippen molar-refractivity contribution >= 4 is 79.1 Å². The number of hydrogen-bond donors (Lipinski definition) is 0. The predicted octanol–water partition coefficient (Wildman–Crippen LogP) is 6.98. The third-order valence-corrected chi connectivity index (χ3v) is 6.69. The van der Waals surface area contributed by atoms with E-state index in [1.807, 2.05) is 67.6 Å². The quantitative estimate of drug-likeness (QED) is 0.150. The number of carbonyl (C=O) groups excluding carboxylic acids is 1. The maximum atomic E-state index is 12.4. The Morgan fingerprint density at radius 3 is 2.45 bits per heavy atom. The van der Waals surface area contributed by atoms with E-state index in [-0.39, 0.29) is 11.6 Å². The van der Waals surface area contributed by atoms with Crippen LogP contribution in [0.15, 0.2) is 75.8 Å². The highest BCUT2D eigenvalue weighted by atomic mass is 127. The Bertz CT molecular complexity index is 1240. The smallest absolute Gasteiger partial charge is 0.363 e. The summed E-state index contributed by atoms with van der Waals surface area (Å²) in [6.45, 7) is 2.84. The summed E-state index contributed by atoms with van der Waals surface area (Å²) >= 11 is 7.89. The number of carbonyl (C=O) groups is 1. The summed E-state index contributed by atoms with van der Waals surface area (Å²) in [5.41, 5.74) is 2.82. The van der Waals surface area contributed by atoms with Crippen LogP contribution < -0.4 is 9.47 Å². The molecule has 33 heavy (non-hydrogen) atoms. The summed E-state index contributed by atoms with van der Waals surface area (Å²) in [7, 11) is 0. The van der Waals surface area contributed by atoms with Crippen LogP contribution >= 0.6 is 61.1 Å². The second-order valence-corrected chi connectivity index (χ2v) is 10.3. The summed E-state index contributed by atoms with van der Waals surface area (Å²) in [6.07, 6.45) is 1.70. The van der Waals surface area contributed by atoms with E-state index >= 15 is 0 Å². The number of hydrogen-bond acceptors (Lipinski definition) is 5. The number of rotatable bonds is 7. The van der Waals surface area contributed by atoms with Crippen molar-refractivity contribution in [1.82, 2.24) is 0 Å². The molecule has 3 aromatic carbocycles. The van der Waals surface area contributed by atoms with Crippen molar-refractivity contribution in [2.24, 2.45) is 4.99 Å². The Balaban J connectivity index is 1.60. The molecule has 0 spiro atoms. The summed E-state index contributed by atoms with van der Waals surface area (Å²) in [4.78, 5) is 16.8. The van der Waals surface area contributed by atoms with Crippen LogP contribution in [-0.2, 0) is 16.1 Å². The normalized spacial score (nSPS) is 14.2. The van der Waals surface area contributed by atoms with Crippen molar-refractivity contribution in [1.29, 1.82) is 0 Å². The van der Waals surface area contributed by atoms with E-state index in [9.17, 15) is 4.79 Å². The van der Waals surface area contributed by atoms with Crippen LogP contribution in [0.1, 0.15) is 23.6 Å². The zero-order valence-electron chi connectivity index (χ0n) is 17.5. The molecule has 0 fully saturated rings. The highest BCUT2D eigenvalue weighted by Crippen LogP contribution is 2.36. The molecule has 1 heterocycles. The highest BCUT2D eigenvalue weighted by molar-refractivity contribution is 14.1. The van der Waals surface area contributed by atoms with Gasteiger partial charge in [0, 0.05) is 13.6 Å². The van der Waals surface area contributed by atoms with Gasteiger partial charge >= 0.3 is 5.97 Å². The topological polar surface area (TPSA) is 57.1 Å². The lowest BCUT2D eigenvalue weighted by Gasteiger charge is -2.15. The maximum absolute atomic E-state index is 12.4. The third kappa shape index (κ3) is 6.15. The fraction of sp³-hybridized carbons (Fsp3) is 0.120. The van der Waals surface area contributed by atoms with Crippen LogP contribution in [0.2, 0.25) is 0 Å². The van der Waals surface area contributed by atoms with Crippen molar-refractivity contribution < 1.29 is 19.0 Å². The van der Waals surface area contributed by atoms with E-state index in [0.29, 0.717) is 24.7 Å². The zero-order chi connectivity index (χ0) is 23.4. The first-order valence-corrected chi connectivity index (χ1v) is 13.0. The number of ether oxygens (including phenoxy) is 3. The Hall–Kier alpha value is -1.92. The Kier molecular flexibility index (Phi) is 8.07. The molecule has 8 heteroatoms. The Labute approximate surface area is 227 Å². The number of nitrogens with zero attached hydrogens (tertiary/aromatic N) is 1. The molecule has 0 bridgehead atoms. The van der Waals surface area contributed by atoms with Crippen LogP contribution in [0.4, 0.5) is 0 Å². The average Bonchev–Trinajstić information content (AvgIpc) is 3.15. The van der Waals surface area contributed by atoms with E-state index in [0.717, 1.165) is 24.7 Å². The van der Waals surface area contributed by atoms with Crippen molar-refractivity contribution in [3.63, 3.8) is 0 Å². The first-order valence-electron chi connectivity index (χ1n) is 10.0. The van der Waals surface area contributed by atoms with E-state index in [2.05, 4.69) is 66.1 Å². The standard InChI is InChI=1S/C25H18BrI2NO4/c1-2-31-22-13-16(11-20(28)23(22)32-14-15-3-9-19(27)10-4-15)12-21-25(30)33-24(29-21)17-5-7-18(26)8-6-17/h3-13H,2,14H2,1H3/b21-12-. The lowest BCUT2D eigenvalue weighted by molar-refractivity contribution is -0.129. The largest absolute Gasteiger partial charge is 0.490 e. The Morgan fingerprint density at radius 1 is 1.03 bits per heavy atom. The molecule has 0 aromatic heterocycles. The molecule has 5 nitrogen and oxygen atoms in total. The van der Waals surface area contributed by atoms with Crippen molar-refractivity contribution in [3.8, 4) is 11.5 Å². The average molecular weight is 730 g/mol. The summed E-state index contributed by atoms with van der Waals surface area (Å²) in [5.74, 6) is 1.09. The fourth-order valence-electron chi connectivity index (χ4n) is 3.09. The van der Waals surface area contributed by atoms with Gasteiger partial charge in [0.2, 0.25) is 5.90 Å². The molecule has 0 aliphatic carbocycles. The van der Waals surface area contributed by atoms with Crippen LogP contribution in [0.25, 0.3) is 6.08 Å². The van der Waals surface area contributed by atoms with Crippen LogP contribution in [0.5, 0.6) is 11.5 Å². The van der Waals surface area contributed by atoms with Gasteiger partial charge in [-0.25, -0.2) is 9.79 Å². The molecule has 0 unspecified atom stereocenters. The molecular formula is C25H18BrI2NO4. The maximum Gasteiger partial charge on any atom is 0.363 e. The summed E-state index contributed by atoms with van der Waals surface area (Å²) in [6, 6.07) is 19.4. The van der Waals surface area contributed by atoms with Gasteiger partial charge in [0.25, 0.3) is 0 Å². The monoisotopic (exact) mass is 729 g/mol. The molecule has 168 valence electrons. The van der Waals surface area contributed by atoms with Crippen LogP contribution in [0.3, 0.4) is 0 Å². The summed E-state index contributed by atoms with van der Waals surface area (Å²) < 4.78 is 20.3. The minimum Gasteiger partial charge on any atom is -0.490 e. The van der Waals surface area contributed by atoms with Crippen LogP contribution in [0, 0.1) is 7.14 Å². The Morgan fingerprint density at radius 2 is 1.76 bits per heavy atom. The van der Waals surface area contributed by atoms with Gasteiger partial charge in [-0.3, -0.25) is 0 Å². The van der Waals surface area contributed by atoms with E-state index in [4.69, 9.17) is 14.2 Å². The summed E-state index contributed by atoms with van der Waals surface area (Å²) in [5, 5.41) is 0. The van der Waals surface area contributed by atoms with Gasteiger partial charge in [-0.2, -0.15) is 0 Å². The molecule has 1 aliphatic heterocycles. The van der Waals surface area contributed by atoms with Gasteiger partial charge in [0.15, 0.2) is 17.2 Å². The van der Waals surface area contributed by atoms with Gasteiger partial charge in [0.1, 0.15) is 6.61 Å². The van der Waals surface area contributed by atoms with Crippen LogP contribution in [-0.4, -0.2) is 18.5 Å². The second-order valence-electron chi connectivity index (χ2n) is 7.02. The molecule has 0 atom stereocenters. The van der Waals surface area contributed by atoms with Crippen molar-refractivity contribution in [3.05, 3.63) is 94.7 Å².